The van der Waals surface area contributed by atoms with Crippen LogP contribution < -0.4 is 14.8 Å². The molecular formula is C28H31N3O3. The molecule has 1 heterocycles. The van der Waals surface area contributed by atoms with E-state index in [1.807, 2.05) is 18.2 Å². The highest BCUT2D eigenvalue weighted by atomic mass is 16.5. The van der Waals surface area contributed by atoms with E-state index in [2.05, 4.69) is 48.0 Å². The monoisotopic (exact) mass is 457 g/mol. The lowest BCUT2D eigenvalue weighted by atomic mass is 10.1. The second kappa shape index (κ2) is 10.9. The third kappa shape index (κ3) is 5.76. The normalized spacial score (nSPS) is 10.9. The molecule has 0 saturated heterocycles. The second-order valence-corrected chi connectivity index (χ2v) is 8.43. The van der Waals surface area contributed by atoms with Crippen molar-refractivity contribution in [2.75, 3.05) is 20.3 Å². The van der Waals surface area contributed by atoms with Crippen molar-refractivity contribution < 1.29 is 14.3 Å². The Bertz CT molecular complexity index is 1240. The molecule has 0 fully saturated rings. The molecule has 4 aromatic rings. The number of amides is 1. The number of fused-ring (bicyclic) bond motifs is 1. The summed E-state index contributed by atoms with van der Waals surface area (Å²) in [7, 11) is 1.61. The number of carbonyl (C=O) groups is 1. The number of methoxy groups -OCH3 is 1. The predicted octanol–water partition coefficient (Wildman–Crippen LogP) is 5.10. The standard InChI is InChI=1S/C28H31N3O3/c1-20-17-21(2)19-24(18-20)34-16-15-31-26-8-5-4-7-25(26)30-27(31)9-6-14-29-28(32)22-10-12-23(33-3)13-11-22/h4-5,7-8,10-13,17-19H,6,9,14-16H2,1-3H3,(H,29,32). The largest absolute Gasteiger partial charge is 0.497 e. The van der Waals surface area contributed by atoms with Gasteiger partial charge in [0.15, 0.2) is 0 Å². The van der Waals surface area contributed by atoms with E-state index in [9.17, 15) is 4.79 Å². The molecule has 3 aromatic carbocycles. The summed E-state index contributed by atoms with van der Waals surface area (Å²) in [5.41, 5.74) is 5.09. The summed E-state index contributed by atoms with van der Waals surface area (Å²) in [6.45, 7) is 6.00. The van der Waals surface area contributed by atoms with Gasteiger partial charge in [-0.1, -0.05) is 18.2 Å². The highest BCUT2D eigenvalue weighted by Crippen LogP contribution is 2.19. The number of ether oxygens (including phenoxy) is 2. The van der Waals surface area contributed by atoms with Crippen molar-refractivity contribution in [3.05, 3.63) is 89.2 Å². The first kappa shape index (κ1) is 23.4. The van der Waals surface area contributed by atoms with Crippen LogP contribution in [0.5, 0.6) is 11.5 Å². The minimum Gasteiger partial charge on any atom is -0.497 e. The summed E-state index contributed by atoms with van der Waals surface area (Å²) in [6.07, 6.45) is 1.56. The van der Waals surface area contributed by atoms with Gasteiger partial charge in [-0.3, -0.25) is 4.79 Å². The Hall–Kier alpha value is -3.80. The highest BCUT2D eigenvalue weighted by molar-refractivity contribution is 5.94. The van der Waals surface area contributed by atoms with E-state index < -0.39 is 0 Å². The van der Waals surface area contributed by atoms with Crippen molar-refractivity contribution >= 4 is 16.9 Å². The molecular weight excluding hydrogens is 426 g/mol. The van der Waals surface area contributed by atoms with Gasteiger partial charge in [0.2, 0.25) is 0 Å². The van der Waals surface area contributed by atoms with E-state index in [1.54, 1.807) is 31.4 Å². The quantitative estimate of drug-likeness (QED) is 0.336. The molecule has 0 aliphatic carbocycles. The molecule has 1 amide bonds. The Morgan fingerprint density at radius 2 is 1.71 bits per heavy atom. The van der Waals surface area contributed by atoms with Crippen LogP contribution in [-0.2, 0) is 13.0 Å². The minimum atomic E-state index is -0.0852. The molecule has 0 bridgehead atoms. The molecule has 0 spiro atoms. The Kier molecular flexibility index (Phi) is 7.48. The predicted molar refractivity (Wildman–Crippen MR) is 135 cm³/mol. The summed E-state index contributed by atoms with van der Waals surface area (Å²) < 4.78 is 13.4. The molecule has 34 heavy (non-hydrogen) atoms. The van der Waals surface area contributed by atoms with Crippen LogP contribution in [0.25, 0.3) is 11.0 Å². The smallest absolute Gasteiger partial charge is 0.251 e. The summed E-state index contributed by atoms with van der Waals surface area (Å²) in [5, 5.41) is 2.99. The van der Waals surface area contributed by atoms with Crippen LogP contribution >= 0.6 is 0 Å². The van der Waals surface area contributed by atoms with Gasteiger partial charge >= 0.3 is 0 Å². The lowest BCUT2D eigenvalue weighted by Crippen LogP contribution is -2.25. The molecule has 0 aliphatic heterocycles. The summed E-state index contributed by atoms with van der Waals surface area (Å²) in [5.74, 6) is 2.55. The van der Waals surface area contributed by atoms with Crippen LogP contribution in [0.3, 0.4) is 0 Å². The molecule has 0 radical (unpaired) electrons. The Balaban J connectivity index is 1.36. The van der Waals surface area contributed by atoms with Crippen LogP contribution in [-0.4, -0.2) is 35.7 Å². The summed E-state index contributed by atoms with van der Waals surface area (Å²) in [4.78, 5) is 17.2. The van der Waals surface area contributed by atoms with Crippen molar-refractivity contribution in [1.29, 1.82) is 0 Å². The maximum Gasteiger partial charge on any atom is 0.251 e. The lowest BCUT2D eigenvalue weighted by molar-refractivity contribution is 0.0953. The van der Waals surface area contributed by atoms with Gasteiger partial charge in [-0.15, -0.1) is 0 Å². The SMILES string of the molecule is COc1ccc(C(=O)NCCCc2nc3ccccc3n2CCOc2cc(C)cc(C)c2)cc1. The topological polar surface area (TPSA) is 65.4 Å². The van der Waals surface area contributed by atoms with E-state index in [-0.39, 0.29) is 5.91 Å². The zero-order valence-electron chi connectivity index (χ0n) is 20.0. The number of nitrogens with zero attached hydrogens (tertiary/aromatic N) is 2. The zero-order chi connectivity index (χ0) is 23.9. The van der Waals surface area contributed by atoms with Crippen molar-refractivity contribution in [1.82, 2.24) is 14.9 Å². The molecule has 4 rings (SSSR count). The van der Waals surface area contributed by atoms with E-state index >= 15 is 0 Å². The van der Waals surface area contributed by atoms with Gasteiger partial charge in [-0.05, 0) is 79.9 Å². The average Bonchev–Trinajstić information content (AvgIpc) is 3.18. The third-order valence-corrected chi connectivity index (χ3v) is 5.73. The maximum absolute atomic E-state index is 12.4. The lowest BCUT2D eigenvalue weighted by Gasteiger charge is -2.12. The fraction of sp³-hybridized carbons (Fsp3) is 0.286. The van der Waals surface area contributed by atoms with E-state index in [4.69, 9.17) is 14.5 Å². The van der Waals surface area contributed by atoms with E-state index in [0.29, 0.717) is 25.3 Å². The van der Waals surface area contributed by atoms with Gasteiger partial charge < -0.3 is 19.4 Å². The van der Waals surface area contributed by atoms with Crippen LogP contribution in [0.2, 0.25) is 0 Å². The van der Waals surface area contributed by atoms with Gasteiger partial charge in [0.1, 0.15) is 23.9 Å². The van der Waals surface area contributed by atoms with Crippen LogP contribution in [0.4, 0.5) is 0 Å². The van der Waals surface area contributed by atoms with Gasteiger partial charge in [0.05, 0.1) is 24.7 Å². The Morgan fingerprint density at radius 1 is 0.971 bits per heavy atom. The summed E-state index contributed by atoms with van der Waals surface area (Å²) in [6, 6.07) is 21.5. The van der Waals surface area contributed by atoms with Crippen molar-refractivity contribution in [2.24, 2.45) is 0 Å². The Morgan fingerprint density at radius 3 is 2.44 bits per heavy atom. The fourth-order valence-corrected chi connectivity index (χ4v) is 4.13. The van der Waals surface area contributed by atoms with Gasteiger partial charge in [0, 0.05) is 18.5 Å². The van der Waals surface area contributed by atoms with E-state index in [0.717, 1.165) is 41.2 Å². The maximum atomic E-state index is 12.4. The molecule has 6 nitrogen and oxygen atoms in total. The number of rotatable bonds is 10. The molecule has 0 unspecified atom stereocenters. The molecule has 176 valence electrons. The zero-order valence-corrected chi connectivity index (χ0v) is 20.0. The van der Waals surface area contributed by atoms with Crippen molar-refractivity contribution in [3.8, 4) is 11.5 Å². The molecule has 1 aromatic heterocycles. The van der Waals surface area contributed by atoms with Crippen LogP contribution in [0.15, 0.2) is 66.7 Å². The number of benzene rings is 3. The molecule has 0 atom stereocenters. The number of imidazole rings is 1. The number of para-hydroxylation sites is 2. The first-order valence-electron chi connectivity index (χ1n) is 11.6. The van der Waals surface area contributed by atoms with Crippen molar-refractivity contribution in [2.45, 2.75) is 33.2 Å². The molecule has 0 saturated carbocycles. The van der Waals surface area contributed by atoms with Gasteiger partial charge in [0.25, 0.3) is 5.91 Å². The number of hydrogen-bond acceptors (Lipinski definition) is 4. The molecule has 1 N–H and O–H groups in total. The number of hydrogen-bond donors (Lipinski definition) is 1. The number of aryl methyl sites for hydroxylation is 3. The molecule has 0 aliphatic rings. The van der Waals surface area contributed by atoms with Crippen molar-refractivity contribution in [3.63, 3.8) is 0 Å². The number of aromatic nitrogens is 2. The Labute approximate surface area is 200 Å². The highest BCUT2D eigenvalue weighted by Gasteiger charge is 2.11. The number of carbonyl (C=O) groups excluding carboxylic acids is 1. The minimum absolute atomic E-state index is 0.0852. The average molecular weight is 458 g/mol. The van der Waals surface area contributed by atoms with Gasteiger partial charge in [-0.25, -0.2) is 4.98 Å². The third-order valence-electron chi connectivity index (χ3n) is 5.73. The van der Waals surface area contributed by atoms with Crippen LogP contribution in [0, 0.1) is 13.8 Å². The van der Waals surface area contributed by atoms with Gasteiger partial charge in [-0.2, -0.15) is 0 Å². The fourth-order valence-electron chi connectivity index (χ4n) is 4.13. The molecule has 6 heteroatoms. The van der Waals surface area contributed by atoms with E-state index in [1.165, 1.54) is 11.1 Å². The number of nitrogens with one attached hydrogen (secondary N) is 1. The van der Waals surface area contributed by atoms with Crippen LogP contribution in [0.1, 0.15) is 33.7 Å². The summed E-state index contributed by atoms with van der Waals surface area (Å²) >= 11 is 0. The first-order valence-corrected chi connectivity index (χ1v) is 11.6. The first-order chi connectivity index (χ1) is 16.5. The second-order valence-electron chi connectivity index (χ2n) is 8.43.